The van der Waals surface area contributed by atoms with Gasteiger partial charge in [0.15, 0.2) is 12.4 Å². The van der Waals surface area contributed by atoms with Gasteiger partial charge in [0.05, 0.1) is 5.75 Å². The number of nitrogens with zero attached hydrogens (tertiary/aromatic N) is 3. The van der Waals surface area contributed by atoms with Crippen molar-refractivity contribution in [3.63, 3.8) is 0 Å². The highest BCUT2D eigenvalue weighted by Crippen LogP contribution is 2.23. The molecule has 0 spiro atoms. The fourth-order valence-electron chi connectivity index (χ4n) is 2.61. The van der Waals surface area contributed by atoms with Gasteiger partial charge < -0.3 is 15.8 Å². The SMILES string of the molecule is Cc1ccc(Nc2nc(N)nc(COC(=O)CSc3ccc(C)cc3C)n2)cc1. The van der Waals surface area contributed by atoms with Crippen molar-refractivity contribution in [1.29, 1.82) is 0 Å². The zero-order chi connectivity index (χ0) is 20.8. The lowest BCUT2D eigenvalue weighted by Gasteiger charge is -2.09. The van der Waals surface area contributed by atoms with E-state index >= 15 is 0 Å². The number of esters is 1. The molecular formula is C21H23N5O2S. The molecule has 0 fully saturated rings. The molecule has 0 unspecified atom stereocenters. The molecule has 3 aromatic rings. The van der Waals surface area contributed by atoms with Gasteiger partial charge in [-0.15, -0.1) is 11.8 Å². The molecule has 29 heavy (non-hydrogen) atoms. The topological polar surface area (TPSA) is 103 Å². The van der Waals surface area contributed by atoms with Gasteiger partial charge in [-0.05, 0) is 44.5 Å². The third kappa shape index (κ3) is 6.18. The van der Waals surface area contributed by atoms with E-state index in [9.17, 15) is 4.79 Å². The van der Waals surface area contributed by atoms with E-state index in [1.807, 2.05) is 57.2 Å². The van der Waals surface area contributed by atoms with E-state index in [0.29, 0.717) is 5.95 Å². The molecule has 0 radical (unpaired) electrons. The molecule has 0 aliphatic rings. The summed E-state index contributed by atoms with van der Waals surface area (Å²) in [5.41, 5.74) is 10.1. The average molecular weight is 410 g/mol. The van der Waals surface area contributed by atoms with E-state index in [1.165, 1.54) is 17.3 Å². The zero-order valence-electron chi connectivity index (χ0n) is 16.6. The van der Waals surface area contributed by atoms with E-state index < -0.39 is 0 Å². The van der Waals surface area contributed by atoms with Crippen LogP contribution in [-0.2, 0) is 16.1 Å². The Morgan fingerprint density at radius 2 is 1.76 bits per heavy atom. The molecule has 3 N–H and O–H groups in total. The van der Waals surface area contributed by atoms with Crippen LogP contribution in [0.1, 0.15) is 22.5 Å². The largest absolute Gasteiger partial charge is 0.457 e. The maximum Gasteiger partial charge on any atom is 0.316 e. The molecule has 0 bridgehead atoms. The molecule has 3 rings (SSSR count). The Labute approximate surface area is 174 Å². The van der Waals surface area contributed by atoms with Crippen LogP contribution in [0.15, 0.2) is 47.4 Å². The highest BCUT2D eigenvalue weighted by atomic mass is 32.2. The number of anilines is 3. The molecule has 2 aromatic carbocycles. The van der Waals surface area contributed by atoms with E-state index in [-0.39, 0.29) is 30.1 Å². The average Bonchev–Trinajstić information content (AvgIpc) is 2.67. The van der Waals surface area contributed by atoms with Gasteiger partial charge in [-0.3, -0.25) is 4.79 Å². The number of ether oxygens (including phenoxy) is 1. The van der Waals surface area contributed by atoms with Crippen LogP contribution >= 0.6 is 11.8 Å². The smallest absolute Gasteiger partial charge is 0.316 e. The summed E-state index contributed by atoms with van der Waals surface area (Å²) in [4.78, 5) is 25.5. The highest BCUT2D eigenvalue weighted by molar-refractivity contribution is 8.00. The summed E-state index contributed by atoms with van der Waals surface area (Å²) in [7, 11) is 0. The third-order valence-electron chi connectivity index (χ3n) is 4.04. The van der Waals surface area contributed by atoms with Crippen LogP contribution in [-0.4, -0.2) is 26.7 Å². The van der Waals surface area contributed by atoms with Crippen LogP contribution in [0.5, 0.6) is 0 Å². The van der Waals surface area contributed by atoms with Crippen LogP contribution in [0.3, 0.4) is 0 Å². The minimum atomic E-state index is -0.345. The number of hydrogen-bond donors (Lipinski definition) is 2. The number of hydrogen-bond acceptors (Lipinski definition) is 8. The van der Waals surface area contributed by atoms with Gasteiger partial charge >= 0.3 is 5.97 Å². The number of nitrogen functional groups attached to an aromatic ring is 1. The first-order valence-corrected chi connectivity index (χ1v) is 10.1. The molecule has 0 saturated carbocycles. The van der Waals surface area contributed by atoms with Gasteiger partial charge in [0.2, 0.25) is 11.9 Å². The van der Waals surface area contributed by atoms with E-state index in [1.54, 1.807) is 0 Å². The van der Waals surface area contributed by atoms with Crippen LogP contribution in [0.25, 0.3) is 0 Å². The molecule has 0 amide bonds. The zero-order valence-corrected chi connectivity index (χ0v) is 17.4. The predicted molar refractivity (Wildman–Crippen MR) is 115 cm³/mol. The lowest BCUT2D eigenvalue weighted by Crippen LogP contribution is -2.12. The lowest BCUT2D eigenvalue weighted by atomic mass is 10.2. The first-order chi connectivity index (χ1) is 13.9. The van der Waals surface area contributed by atoms with Crippen molar-refractivity contribution in [2.24, 2.45) is 0 Å². The van der Waals surface area contributed by atoms with Crippen LogP contribution in [0.4, 0.5) is 17.6 Å². The monoisotopic (exact) mass is 409 g/mol. The second-order valence-corrected chi connectivity index (χ2v) is 7.66. The molecule has 1 heterocycles. The van der Waals surface area contributed by atoms with Crippen LogP contribution in [0.2, 0.25) is 0 Å². The number of rotatable bonds is 7. The maximum atomic E-state index is 12.1. The van der Waals surface area contributed by atoms with Gasteiger partial charge in [0.25, 0.3) is 0 Å². The summed E-state index contributed by atoms with van der Waals surface area (Å²) in [5, 5.41) is 3.07. The predicted octanol–water partition coefficient (Wildman–Crippen LogP) is 3.96. The number of benzene rings is 2. The number of aryl methyl sites for hydroxylation is 3. The number of thioether (sulfide) groups is 1. The Hall–Kier alpha value is -3.13. The van der Waals surface area contributed by atoms with Crippen molar-refractivity contribution >= 4 is 35.3 Å². The number of nitrogens with two attached hydrogens (primary N) is 1. The minimum Gasteiger partial charge on any atom is -0.457 e. The molecule has 0 aliphatic carbocycles. The van der Waals surface area contributed by atoms with E-state index in [0.717, 1.165) is 21.7 Å². The van der Waals surface area contributed by atoms with Crippen molar-refractivity contribution in [2.75, 3.05) is 16.8 Å². The van der Waals surface area contributed by atoms with Crippen molar-refractivity contribution in [3.05, 3.63) is 65.0 Å². The summed E-state index contributed by atoms with van der Waals surface area (Å²) < 4.78 is 5.29. The number of nitrogens with one attached hydrogen (secondary N) is 1. The highest BCUT2D eigenvalue weighted by Gasteiger charge is 2.10. The summed E-state index contributed by atoms with van der Waals surface area (Å²) in [5.74, 6) is 0.514. The normalized spacial score (nSPS) is 10.6. The molecule has 1 aromatic heterocycles. The van der Waals surface area contributed by atoms with Crippen molar-refractivity contribution in [3.8, 4) is 0 Å². The molecule has 0 atom stereocenters. The second kappa shape index (κ2) is 9.38. The molecule has 0 aliphatic heterocycles. The first-order valence-electron chi connectivity index (χ1n) is 9.09. The number of carbonyl (C=O) groups is 1. The van der Waals surface area contributed by atoms with Crippen LogP contribution in [0, 0.1) is 20.8 Å². The lowest BCUT2D eigenvalue weighted by molar-refractivity contribution is -0.141. The van der Waals surface area contributed by atoms with Crippen molar-refractivity contribution < 1.29 is 9.53 Å². The summed E-state index contributed by atoms with van der Waals surface area (Å²) in [6.07, 6.45) is 0. The first kappa shape index (κ1) is 20.6. The van der Waals surface area contributed by atoms with E-state index in [2.05, 4.69) is 26.3 Å². The standard InChI is InChI=1S/C21H23N5O2S/c1-13-4-7-16(8-5-13)23-21-25-18(24-20(22)26-21)11-28-19(27)12-29-17-9-6-14(2)10-15(17)3/h4-10H,11-12H2,1-3H3,(H3,22,23,24,25,26). The van der Waals surface area contributed by atoms with Crippen molar-refractivity contribution in [1.82, 2.24) is 15.0 Å². The summed E-state index contributed by atoms with van der Waals surface area (Å²) >= 11 is 1.44. The Morgan fingerprint density at radius 1 is 1.03 bits per heavy atom. The Kier molecular flexibility index (Phi) is 6.66. The molecule has 150 valence electrons. The van der Waals surface area contributed by atoms with E-state index in [4.69, 9.17) is 10.5 Å². The second-order valence-electron chi connectivity index (χ2n) is 6.64. The number of carbonyl (C=O) groups excluding carboxylic acids is 1. The number of aromatic nitrogens is 3. The molecule has 7 nitrogen and oxygen atoms in total. The fourth-order valence-corrected chi connectivity index (χ4v) is 3.42. The van der Waals surface area contributed by atoms with Gasteiger partial charge in [0.1, 0.15) is 0 Å². The van der Waals surface area contributed by atoms with Gasteiger partial charge in [-0.25, -0.2) is 0 Å². The Bertz CT molecular complexity index is 1010. The molecule has 0 saturated heterocycles. The van der Waals surface area contributed by atoms with Crippen molar-refractivity contribution in [2.45, 2.75) is 32.3 Å². The Balaban J connectivity index is 1.56. The van der Waals surface area contributed by atoms with Gasteiger partial charge in [0, 0.05) is 10.6 Å². The molecule has 8 heteroatoms. The maximum absolute atomic E-state index is 12.1. The minimum absolute atomic E-state index is 0.0605. The summed E-state index contributed by atoms with van der Waals surface area (Å²) in [6, 6.07) is 13.9. The Morgan fingerprint density at radius 3 is 2.48 bits per heavy atom. The van der Waals surface area contributed by atoms with Crippen LogP contribution < -0.4 is 11.1 Å². The third-order valence-corrected chi connectivity index (χ3v) is 5.19. The van der Waals surface area contributed by atoms with Gasteiger partial charge in [-0.1, -0.05) is 35.4 Å². The molecular weight excluding hydrogens is 386 g/mol. The van der Waals surface area contributed by atoms with Gasteiger partial charge in [-0.2, -0.15) is 15.0 Å². The quantitative estimate of drug-likeness (QED) is 0.446. The fraction of sp³-hybridized carbons (Fsp3) is 0.238. The summed E-state index contributed by atoms with van der Waals surface area (Å²) in [6.45, 7) is 6.01.